The number of hydrogen-bond donors (Lipinski definition) is 0. The predicted octanol–water partition coefficient (Wildman–Crippen LogP) is 1.44. The molecule has 0 aliphatic carbocycles. The van der Waals surface area contributed by atoms with Crippen molar-refractivity contribution >= 4 is 5.91 Å². The summed E-state index contributed by atoms with van der Waals surface area (Å²) >= 11 is 0. The fourth-order valence-electron chi connectivity index (χ4n) is 3.25. The van der Waals surface area contributed by atoms with Crippen molar-refractivity contribution in [3.63, 3.8) is 0 Å². The van der Waals surface area contributed by atoms with Crippen molar-refractivity contribution in [1.29, 1.82) is 0 Å². The molecule has 2 aliphatic rings. The van der Waals surface area contributed by atoms with Gasteiger partial charge in [0.15, 0.2) is 0 Å². The summed E-state index contributed by atoms with van der Waals surface area (Å²) in [7, 11) is 0. The lowest BCUT2D eigenvalue weighted by Crippen LogP contribution is -2.48. The first kappa shape index (κ1) is 17.4. The molecule has 3 rings (SSSR count). The van der Waals surface area contributed by atoms with E-state index in [0.717, 1.165) is 25.9 Å². The summed E-state index contributed by atoms with van der Waals surface area (Å²) in [4.78, 5) is 16.9. The van der Waals surface area contributed by atoms with Crippen LogP contribution in [0.3, 0.4) is 0 Å². The molecule has 7 heteroatoms. The summed E-state index contributed by atoms with van der Waals surface area (Å²) < 4.78 is 11.1. The van der Waals surface area contributed by atoms with E-state index in [0.29, 0.717) is 44.6 Å². The van der Waals surface area contributed by atoms with Crippen LogP contribution < -0.4 is 0 Å². The first-order valence-corrected chi connectivity index (χ1v) is 8.85. The van der Waals surface area contributed by atoms with Gasteiger partial charge in [-0.3, -0.25) is 9.69 Å². The van der Waals surface area contributed by atoms with Crippen LogP contribution in [0.5, 0.6) is 0 Å². The quantitative estimate of drug-likeness (QED) is 0.832. The molecule has 0 unspecified atom stereocenters. The molecule has 134 valence electrons. The first-order chi connectivity index (χ1) is 11.4. The number of carbonyl (C=O) groups excluding carboxylic acids is 1. The van der Waals surface area contributed by atoms with Gasteiger partial charge in [-0.05, 0) is 19.4 Å². The van der Waals surface area contributed by atoms with E-state index in [2.05, 4.69) is 35.9 Å². The average molecular weight is 336 g/mol. The van der Waals surface area contributed by atoms with Gasteiger partial charge < -0.3 is 14.1 Å². The molecule has 0 radical (unpaired) electrons. The molecule has 1 amide bonds. The number of carbonyl (C=O) groups is 1. The monoisotopic (exact) mass is 336 g/mol. The Labute approximate surface area is 143 Å². The largest absolute Gasteiger partial charge is 0.423 e. The third-order valence-corrected chi connectivity index (χ3v) is 4.64. The highest BCUT2D eigenvalue weighted by atomic mass is 16.5. The van der Waals surface area contributed by atoms with Gasteiger partial charge in [0.2, 0.25) is 17.7 Å². The van der Waals surface area contributed by atoms with Crippen LogP contribution in [0.1, 0.15) is 45.4 Å². The molecule has 0 N–H and O–H groups in total. The second-order valence-corrected chi connectivity index (χ2v) is 7.76. The Morgan fingerprint density at radius 3 is 2.62 bits per heavy atom. The Bertz CT molecular complexity index is 560. The average Bonchev–Trinajstić information content (AvgIpc) is 3.04. The van der Waals surface area contributed by atoms with Crippen molar-refractivity contribution in [3.8, 4) is 0 Å². The molecule has 2 aliphatic heterocycles. The van der Waals surface area contributed by atoms with Crippen LogP contribution in [0.15, 0.2) is 4.42 Å². The van der Waals surface area contributed by atoms with Crippen molar-refractivity contribution in [1.82, 2.24) is 20.0 Å². The van der Waals surface area contributed by atoms with Crippen LogP contribution in [-0.4, -0.2) is 65.3 Å². The second-order valence-electron chi connectivity index (χ2n) is 7.76. The second kappa shape index (κ2) is 7.19. The molecule has 1 aromatic heterocycles. The number of amides is 1. The van der Waals surface area contributed by atoms with Crippen LogP contribution in [0, 0.1) is 5.92 Å². The van der Waals surface area contributed by atoms with Gasteiger partial charge in [-0.2, -0.15) is 0 Å². The maximum absolute atomic E-state index is 12.7. The fourth-order valence-corrected chi connectivity index (χ4v) is 3.25. The highest BCUT2D eigenvalue weighted by molar-refractivity contribution is 5.79. The number of morpholine rings is 1. The smallest absolute Gasteiger partial charge is 0.230 e. The maximum Gasteiger partial charge on any atom is 0.230 e. The molecule has 0 spiro atoms. The molecule has 2 fully saturated rings. The summed E-state index contributed by atoms with van der Waals surface area (Å²) in [5.41, 5.74) is -0.137. The van der Waals surface area contributed by atoms with Crippen LogP contribution in [0.25, 0.3) is 0 Å². The summed E-state index contributed by atoms with van der Waals surface area (Å²) in [6, 6.07) is 0. The number of rotatable bonds is 3. The molecule has 0 aromatic carbocycles. The molecule has 3 heterocycles. The van der Waals surface area contributed by atoms with Crippen molar-refractivity contribution in [2.24, 2.45) is 5.92 Å². The molecular weight excluding hydrogens is 308 g/mol. The number of likely N-dealkylation sites (tertiary alicyclic amines) is 1. The van der Waals surface area contributed by atoms with Crippen molar-refractivity contribution in [2.45, 2.75) is 45.6 Å². The van der Waals surface area contributed by atoms with E-state index in [9.17, 15) is 4.79 Å². The molecule has 2 saturated heterocycles. The normalized spacial score (nSPS) is 23.5. The molecule has 1 aromatic rings. The minimum absolute atomic E-state index is 0.0712. The summed E-state index contributed by atoms with van der Waals surface area (Å²) in [6.45, 7) is 11.3. The van der Waals surface area contributed by atoms with E-state index in [4.69, 9.17) is 9.15 Å². The highest BCUT2D eigenvalue weighted by Gasteiger charge is 2.31. The van der Waals surface area contributed by atoms with Crippen LogP contribution in [0.2, 0.25) is 0 Å². The Hall–Kier alpha value is -1.47. The van der Waals surface area contributed by atoms with E-state index in [1.54, 1.807) is 0 Å². The molecule has 1 atom stereocenters. The van der Waals surface area contributed by atoms with Gasteiger partial charge in [-0.25, -0.2) is 0 Å². The van der Waals surface area contributed by atoms with Gasteiger partial charge in [-0.15, -0.1) is 10.2 Å². The topological polar surface area (TPSA) is 71.7 Å². The van der Waals surface area contributed by atoms with E-state index in [-0.39, 0.29) is 17.2 Å². The lowest BCUT2D eigenvalue weighted by Gasteiger charge is -2.35. The zero-order chi connectivity index (χ0) is 17.2. The van der Waals surface area contributed by atoms with Gasteiger partial charge in [-0.1, -0.05) is 20.8 Å². The van der Waals surface area contributed by atoms with Crippen LogP contribution in [0.4, 0.5) is 0 Å². The van der Waals surface area contributed by atoms with Gasteiger partial charge >= 0.3 is 0 Å². The van der Waals surface area contributed by atoms with Gasteiger partial charge in [0, 0.05) is 25.0 Å². The summed E-state index contributed by atoms with van der Waals surface area (Å²) in [5, 5.41) is 8.31. The summed E-state index contributed by atoms with van der Waals surface area (Å²) in [5.74, 6) is 1.64. The Kier molecular flexibility index (Phi) is 5.20. The Morgan fingerprint density at radius 2 is 1.96 bits per heavy atom. The van der Waals surface area contributed by atoms with E-state index < -0.39 is 0 Å². The minimum Gasteiger partial charge on any atom is -0.423 e. The lowest BCUT2D eigenvalue weighted by molar-refractivity contribution is -0.141. The SMILES string of the molecule is CC(C)(C)c1nnc(CN2CCC[C@H](C(=O)N3CCOCC3)C2)o1. The predicted molar refractivity (Wildman–Crippen MR) is 88.4 cm³/mol. The van der Waals surface area contributed by atoms with Crippen molar-refractivity contribution in [2.75, 3.05) is 39.4 Å². The number of aromatic nitrogens is 2. The third-order valence-electron chi connectivity index (χ3n) is 4.64. The van der Waals surface area contributed by atoms with Crippen LogP contribution in [-0.2, 0) is 21.5 Å². The number of hydrogen-bond acceptors (Lipinski definition) is 6. The number of piperidine rings is 1. The molecule has 0 saturated carbocycles. The molecular formula is C17H28N4O3. The molecule has 24 heavy (non-hydrogen) atoms. The lowest BCUT2D eigenvalue weighted by atomic mass is 9.96. The van der Waals surface area contributed by atoms with Gasteiger partial charge in [0.05, 0.1) is 25.7 Å². The van der Waals surface area contributed by atoms with E-state index in [1.807, 2.05) is 4.90 Å². The van der Waals surface area contributed by atoms with Crippen LogP contribution >= 0.6 is 0 Å². The number of ether oxygens (including phenoxy) is 1. The van der Waals surface area contributed by atoms with Gasteiger partial charge in [0.1, 0.15) is 0 Å². The Morgan fingerprint density at radius 1 is 1.21 bits per heavy atom. The van der Waals surface area contributed by atoms with Crippen molar-refractivity contribution < 1.29 is 13.9 Å². The fraction of sp³-hybridized carbons (Fsp3) is 0.824. The Balaban J connectivity index is 1.57. The third kappa shape index (κ3) is 4.13. The first-order valence-electron chi connectivity index (χ1n) is 8.85. The minimum atomic E-state index is -0.137. The molecule has 7 nitrogen and oxygen atoms in total. The number of nitrogens with zero attached hydrogens (tertiary/aromatic N) is 4. The zero-order valence-electron chi connectivity index (χ0n) is 15.0. The molecule has 0 bridgehead atoms. The standard InChI is InChI=1S/C17H28N4O3/c1-17(2,3)16-19-18-14(24-16)12-20-6-4-5-13(11-20)15(22)21-7-9-23-10-8-21/h13H,4-12H2,1-3H3/t13-/m0/s1. The maximum atomic E-state index is 12.7. The summed E-state index contributed by atoms with van der Waals surface area (Å²) in [6.07, 6.45) is 1.99. The van der Waals surface area contributed by atoms with Crippen molar-refractivity contribution in [3.05, 3.63) is 11.8 Å². The van der Waals surface area contributed by atoms with Gasteiger partial charge in [0.25, 0.3) is 0 Å². The van der Waals surface area contributed by atoms with E-state index >= 15 is 0 Å². The zero-order valence-corrected chi connectivity index (χ0v) is 15.0. The highest BCUT2D eigenvalue weighted by Crippen LogP contribution is 2.23. The van der Waals surface area contributed by atoms with E-state index in [1.165, 1.54) is 0 Å².